The van der Waals surface area contributed by atoms with E-state index < -0.39 is 0 Å². The number of nitrogens with one attached hydrogen (secondary N) is 2. The van der Waals surface area contributed by atoms with Crippen LogP contribution in [0.2, 0.25) is 0 Å². The van der Waals surface area contributed by atoms with Crippen molar-refractivity contribution in [1.82, 2.24) is 15.0 Å². The molecule has 1 fully saturated rings. The van der Waals surface area contributed by atoms with Crippen molar-refractivity contribution in [3.8, 4) is 11.3 Å². The normalized spacial score (nSPS) is 19.2. The molecule has 30 heavy (non-hydrogen) atoms. The fourth-order valence-corrected chi connectivity index (χ4v) is 4.20. The fourth-order valence-electron chi connectivity index (χ4n) is 4.20. The fraction of sp³-hybridized carbons (Fsp3) is 0.250. The van der Waals surface area contributed by atoms with Gasteiger partial charge in [-0.1, -0.05) is 30.3 Å². The highest BCUT2D eigenvalue weighted by Crippen LogP contribution is 2.31. The Bertz CT molecular complexity index is 1160. The first kappa shape index (κ1) is 18.6. The van der Waals surface area contributed by atoms with Gasteiger partial charge in [0.05, 0.1) is 29.3 Å². The maximum absolute atomic E-state index is 5.90. The molecule has 0 radical (unpaired) electrons. The third kappa shape index (κ3) is 3.62. The van der Waals surface area contributed by atoms with Crippen LogP contribution in [-0.2, 0) is 4.74 Å². The Morgan fingerprint density at radius 3 is 2.63 bits per heavy atom. The Morgan fingerprint density at radius 2 is 1.77 bits per heavy atom. The van der Waals surface area contributed by atoms with E-state index in [9.17, 15) is 0 Å². The Hall–Kier alpha value is -3.38. The van der Waals surface area contributed by atoms with E-state index in [-0.39, 0.29) is 12.2 Å². The molecular weight excluding hydrogens is 374 g/mol. The number of fused-ring (bicyclic) bond motifs is 1. The van der Waals surface area contributed by atoms with Crippen LogP contribution in [0.25, 0.3) is 22.2 Å². The number of para-hydroxylation sites is 3. The Morgan fingerprint density at radius 1 is 1.00 bits per heavy atom. The van der Waals surface area contributed by atoms with Gasteiger partial charge in [-0.2, -0.15) is 0 Å². The minimum atomic E-state index is 0.197. The van der Waals surface area contributed by atoms with Crippen LogP contribution in [0.5, 0.6) is 0 Å². The zero-order valence-corrected chi connectivity index (χ0v) is 17.2. The van der Waals surface area contributed by atoms with Crippen molar-refractivity contribution in [3.63, 3.8) is 0 Å². The molecule has 152 valence electrons. The molecule has 6 heteroatoms. The zero-order chi connectivity index (χ0) is 20.5. The van der Waals surface area contributed by atoms with E-state index in [2.05, 4.69) is 64.4 Å². The van der Waals surface area contributed by atoms with E-state index in [1.165, 1.54) is 0 Å². The van der Waals surface area contributed by atoms with Crippen molar-refractivity contribution in [1.29, 1.82) is 0 Å². The standard InChI is InChI=1S/C24H25N5O/c1-16-14-29(15-17(2)30-16)23-10-6-5-9-22(23)28-24-25-12-11-21(27-24)19-13-26-20-8-4-3-7-18(19)20/h3-13,16-17,26H,14-15H2,1-2H3,(H,25,27,28). The first-order chi connectivity index (χ1) is 14.7. The topological polar surface area (TPSA) is 66.1 Å². The molecule has 3 heterocycles. The van der Waals surface area contributed by atoms with Crippen molar-refractivity contribution in [2.24, 2.45) is 0 Å². The second-order valence-electron chi connectivity index (χ2n) is 7.82. The lowest BCUT2D eigenvalue weighted by Crippen LogP contribution is -2.45. The van der Waals surface area contributed by atoms with Gasteiger partial charge in [-0.05, 0) is 38.1 Å². The minimum Gasteiger partial charge on any atom is -0.372 e. The average Bonchev–Trinajstić information content (AvgIpc) is 3.18. The smallest absolute Gasteiger partial charge is 0.227 e. The lowest BCUT2D eigenvalue weighted by atomic mass is 10.1. The van der Waals surface area contributed by atoms with Crippen molar-refractivity contribution in [3.05, 3.63) is 67.0 Å². The second-order valence-corrected chi connectivity index (χ2v) is 7.82. The number of aromatic amines is 1. The molecule has 2 aromatic carbocycles. The third-order valence-corrected chi connectivity index (χ3v) is 5.43. The molecule has 0 saturated carbocycles. The van der Waals surface area contributed by atoms with Gasteiger partial charge in [0.15, 0.2) is 0 Å². The largest absolute Gasteiger partial charge is 0.372 e. The molecule has 1 saturated heterocycles. The Kier molecular flexibility index (Phi) is 4.85. The second kappa shape index (κ2) is 7.80. The number of anilines is 3. The van der Waals surface area contributed by atoms with Crippen LogP contribution in [-0.4, -0.2) is 40.2 Å². The van der Waals surface area contributed by atoms with Crippen LogP contribution < -0.4 is 10.2 Å². The van der Waals surface area contributed by atoms with E-state index in [1.807, 2.05) is 30.5 Å². The predicted molar refractivity (Wildman–Crippen MR) is 121 cm³/mol. The molecule has 1 aliphatic heterocycles. The quantitative estimate of drug-likeness (QED) is 0.506. The number of ether oxygens (including phenoxy) is 1. The van der Waals surface area contributed by atoms with Gasteiger partial charge < -0.3 is 19.9 Å². The summed E-state index contributed by atoms with van der Waals surface area (Å²) < 4.78 is 5.90. The van der Waals surface area contributed by atoms with Gasteiger partial charge in [-0.3, -0.25) is 0 Å². The maximum atomic E-state index is 5.90. The van der Waals surface area contributed by atoms with Gasteiger partial charge in [0, 0.05) is 41.9 Å². The lowest BCUT2D eigenvalue weighted by molar-refractivity contribution is -0.00517. The molecule has 5 rings (SSSR count). The average molecular weight is 399 g/mol. The van der Waals surface area contributed by atoms with Crippen LogP contribution in [0.15, 0.2) is 67.0 Å². The molecule has 2 aromatic heterocycles. The third-order valence-electron chi connectivity index (χ3n) is 5.43. The highest BCUT2D eigenvalue weighted by Gasteiger charge is 2.24. The number of morpholine rings is 1. The molecule has 0 aliphatic carbocycles. The number of H-pyrrole nitrogens is 1. The number of benzene rings is 2. The van der Waals surface area contributed by atoms with Crippen molar-refractivity contribution in [2.45, 2.75) is 26.1 Å². The molecule has 1 aliphatic rings. The lowest BCUT2D eigenvalue weighted by Gasteiger charge is -2.37. The van der Waals surface area contributed by atoms with E-state index in [4.69, 9.17) is 9.72 Å². The summed E-state index contributed by atoms with van der Waals surface area (Å²) in [5, 5.41) is 4.59. The van der Waals surface area contributed by atoms with Crippen molar-refractivity contribution < 1.29 is 4.74 Å². The summed E-state index contributed by atoms with van der Waals surface area (Å²) in [6, 6.07) is 18.5. The summed E-state index contributed by atoms with van der Waals surface area (Å²) in [4.78, 5) is 14.9. The van der Waals surface area contributed by atoms with Gasteiger partial charge in [-0.15, -0.1) is 0 Å². The zero-order valence-electron chi connectivity index (χ0n) is 17.2. The van der Waals surface area contributed by atoms with Crippen molar-refractivity contribution in [2.75, 3.05) is 23.3 Å². The van der Waals surface area contributed by atoms with E-state index in [0.717, 1.165) is 46.6 Å². The van der Waals surface area contributed by atoms with Crippen LogP contribution >= 0.6 is 0 Å². The number of hydrogen-bond donors (Lipinski definition) is 2. The summed E-state index contributed by atoms with van der Waals surface area (Å²) in [5.74, 6) is 0.583. The summed E-state index contributed by atoms with van der Waals surface area (Å²) in [7, 11) is 0. The van der Waals surface area contributed by atoms with Crippen LogP contribution in [0.1, 0.15) is 13.8 Å². The molecule has 2 unspecified atom stereocenters. The molecule has 0 bridgehead atoms. The summed E-state index contributed by atoms with van der Waals surface area (Å²) in [6.07, 6.45) is 4.20. The molecule has 4 aromatic rings. The van der Waals surface area contributed by atoms with Crippen molar-refractivity contribution >= 4 is 28.2 Å². The van der Waals surface area contributed by atoms with Crippen LogP contribution in [0.4, 0.5) is 17.3 Å². The minimum absolute atomic E-state index is 0.197. The monoisotopic (exact) mass is 399 g/mol. The summed E-state index contributed by atoms with van der Waals surface area (Å²) >= 11 is 0. The number of rotatable bonds is 4. The summed E-state index contributed by atoms with van der Waals surface area (Å²) in [6.45, 7) is 5.96. The van der Waals surface area contributed by atoms with Gasteiger partial charge in [0.25, 0.3) is 0 Å². The van der Waals surface area contributed by atoms with E-state index in [0.29, 0.717) is 5.95 Å². The predicted octanol–water partition coefficient (Wildman–Crippen LogP) is 4.98. The number of hydrogen-bond acceptors (Lipinski definition) is 5. The van der Waals surface area contributed by atoms with Crippen LogP contribution in [0, 0.1) is 0 Å². The number of nitrogens with zero attached hydrogens (tertiary/aromatic N) is 3. The molecular formula is C24H25N5O. The molecule has 0 amide bonds. The Balaban J connectivity index is 1.45. The van der Waals surface area contributed by atoms with E-state index >= 15 is 0 Å². The first-order valence-corrected chi connectivity index (χ1v) is 10.3. The van der Waals surface area contributed by atoms with Gasteiger partial charge >= 0.3 is 0 Å². The Labute approximate surface area is 175 Å². The first-order valence-electron chi connectivity index (χ1n) is 10.3. The van der Waals surface area contributed by atoms with Gasteiger partial charge in [-0.25, -0.2) is 9.97 Å². The highest BCUT2D eigenvalue weighted by atomic mass is 16.5. The molecule has 6 nitrogen and oxygen atoms in total. The maximum Gasteiger partial charge on any atom is 0.227 e. The van der Waals surface area contributed by atoms with E-state index in [1.54, 1.807) is 6.20 Å². The SMILES string of the molecule is CC1CN(c2ccccc2Nc2nccc(-c3c[nH]c4ccccc34)n2)CC(C)O1. The number of aromatic nitrogens is 3. The molecule has 2 atom stereocenters. The molecule has 2 N–H and O–H groups in total. The van der Waals surface area contributed by atoms with Gasteiger partial charge in [0.2, 0.25) is 5.95 Å². The van der Waals surface area contributed by atoms with Crippen LogP contribution in [0.3, 0.4) is 0 Å². The summed E-state index contributed by atoms with van der Waals surface area (Å²) in [5.41, 5.74) is 5.19. The molecule has 0 spiro atoms. The van der Waals surface area contributed by atoms with Gasteiger partial charge in [0.1, 0.15) is 0 Å². The highest BCUT2D eigenvalue weighted by molar-refractivity contribution is 5.94.